The standard InChI is InChI=1S/C14H14FN3O2/c15-12-3-1-10(2-4-12)13-9-18(5-6-20-13)14(19)11-7-16-17-8-11/h1-4,7-8,13H,5-6,9H2,(H,16,17). The molecule has 3 rings (SSSR count). The Balaban J connectivity index is 1.73. The van der Waals surface area contributed by atoms with Crippen LogP contribution in [0.3, 0.4) is 0 Å². The quantitative estimate of drug-likeness (QED) is 0.908. The molecule has 0 spiro atoms. The van der Waals surface area contributed by atoms with Gasteiger partial charge in [-0.05, 0) is 17.7 Å². The highest BCUT2D eigenvalue weighted by atomic mass is 19.1. The van der Waals surface area contributed by atoms with Crippen LogP contribution >= 0.6 is 0 Å². The summed E-state index contributed by atoms with van der Waals surface area (Å²) < 4.78 is 18.6. The van der Waals surface area contributed by atoms with Gasteiger partial charge >= 0.3 is 0 Å². The Morgan fingerprint density at radius 2 is 2.20 bits per heavy atom. The summed E-state index contributed by atoms with van der Waals surface area (Å²) in [5.74, 6) is -0.356. The summed E-state index contributed by atoms with van der Waals surface area (Å²) in [5, 5.41) is 6.41. The summed E-state index contributed by atoms with van der Waals surface area (Å²) >= 11 is 0. The maximum atomic E-state index is 12.9. The van der Waals surface area contributed by atoms with E-state index in [1.54, 1.807) is 23.2 Å². The lowest BCUT2D eigenvalue weighted by Crippen LogP contribution is -2.42. The van der Waals surface area contributed by atoms with Gasteiger partial charge in [-0.25, -0.2) is 4.39 Å². The Bertz CT molecular complexity index is 583. The van der Waals surface area contributed by atoms with E-state index < -0.39 is 0 Å². The minimum Gasteiger partial charge on any atom is -0.370 e. The van der Waals surface area contributed by atoms with Crippen molar-refractivity contribution in [2.45, 2.75) is 6.10 Å². The molecular formula is C14H14FN3O2. The molecule has 0 aliphatic carbocycles. The van der Waals surface area contributed by atoms with Crippen LogP contribution in [0.25, 0.3) is 0 Å². The molecule has 1 N–H and O–H groups in total. The van der Waals surface area contributed by atoms with E-state index in [0.717, 1.165) is 5.56 Å². The fourth-order valence-corrected chi connectivity index (χ4v) is 2.26. The third kappa shape index (κ3) is 2.55. The summed E-state index contributed by atoms with van der Waals surface area (Å²) in [6.07, 6.45) is 2.86. The van der Waals surface area contributed by atoms with Gasteiger partial charge in [0.2, 0.25) is 0 Å². The van der Waals surface area contributed by atoms with Crippen molar-refractivity contribution in [2.24, 2.45) is 0 Å². The molecule has 0 saturated carbocycles. The summed E-state index contributed by atoms with van der Waals surface area (Å²) in [7, 11) is 0. The molecule has 0 radical (unpaired) electrons. The first-order valence-electron chi connectivity index (χ1n) is 6.39. The van der Waals surface area contributed by atoms with Gasteiger partial charge < -0.3 is 9.64 Å². The van der Waals surface area contributed by atoms with Crippen LogP contribution in [0.5, 0.6) is 0 Å². The number of hydrogen-bond acceptors (Lipinski definition) is 3. The highest BCUT2D eigenvalue weighted by molar-refractivity contribution is 5.93. The van der Waals surface area contributed by atoms with Gasteiger partial charge in [-0.1, -0.05) is 12.1 Å². The van der Waals surface area contributed by atoms with Crippen LogP contribution in [0.4, 0.5) is 4.39 Å². The topological polar surface area (TPSA) is 58.2 Å². The van der Waals surface area contributed by atoms with Crippen molar-refractivity contribution in [2.75, 3.05) is 19.7 Å². The monoisotopic (exact) mass is 275 g/mol. The Morgan fingerprint density at radius 1 is 1.40 bits per heavy atom. The number of carbonyl (C=O) groups is 1. The van der Waals surface area contributed by atoms with Gasteiger partial charge in [-0.3, -0.25) is 9.89 Å². The average molecular weight is 275 g/mol. The van der Waals surface area contributed by atoms with Crippen molar-refractivity contribution < 1.29 is 13.9 Å². The normalized spacial score (nSPS) is 19.1. The van der Waals surface area contributed by atoms with Gasteiger partial charge in [-0.15, -0.1) is 0 Å². The van der Waals surface area contributed by atoms with Crippen LogP contribution in [0, 0.1) is 5.82 Å². The van der Waals surface area contributed by atoms with Gasteiger partial charge in [0.15, 0.2) is 0 Å². The number of H-pyrrole nitrogens is 1. The summed E-state index contributed by atoms with van der Waals surface area (Å²) in [5.41, 5.74) is 1.40. The molecule has 1 aliphatic heterocycles. The molecule has 104 valence electrons. The summed E-state index contributed by atoms with van der Waals surface area (Å²) in [6, 6.07) is 6.17. The zero-order valence-corrected chi connectivity index (χ0v) is 10.8. The predicted molar refractivity (Wildman–Crippen MR) is 69.6 cm³/mol. The molecule has 1 unspecified atom stereocenters. The molecule has 1 aromatic heterocycles. The molecule has 1 saturated heterocycles. The van der Waals surface area contributed by atoms with Gasteiger partial charge in [0, 0.05) is 12.7 Å². The van der Waals surface area contributed by atoms with E-state index in [9.17, 15) is 9.18 Å². The van der Waals surface area contributed by atoms with E-state index in [-0.39, 0.29) is 17.8 Å². The molecule has 2 heterocycles. The Kier molecular flexibility index (Phi) is 3.47. The van der Waals surface area contributed by atoms with Gasteiger partial charge in [0.25, 0.3) is 5.91 Å². The molecular weight excluding hydrogens is 261 g/mol. The number of carbonyl (C=O) groups excluding carboxylic acids is 1. The Hall–Kier alpha value is -2.21. The van der Waals surface area contributed by atoms with E-state index in [4.69, 9.17) is 4.74 Å². The number of nitrogens with zero attached hydrogens (tertiary/aromatic N) is 2. The first kappa shape index (κ1) is 12.8. The molecule has 1 atom stereocenters. The third-order valence-electron chi connectivity index (χ3n) is 3.34. The van der Waals surface area contributed by atoms with Crippen LogP contribution in [-0.2, 0) is 4.74 Å². The molecule has 6 heteroatoms. The molecule has 5 nitrogen and oxygen atoms in total. The van der Waals surface area contributed by atoms with E-state index in [2.05, 4.69) is 10.2 Å². The number of morpholine rings is 1. The average Bonchev–Trinajstić information content (AvgIpc) is 3.01. The molecule has 20 heavy (non-hydrogen) atoms. The predicted octanol–water partition coefficient (Wildman–Crippen LogP) is 1.76. The maximum absolute atomic E-state index is 12.9. The number of amides is 1. The first-order chi connectivity index (χ1) is 9.74. The SMILES string of the molecule is O=C(c1cn[nH]c1)N1CCOC(c2ccc(F)cc2)C1. The lowest BCUT2D eigenvalue weighted by atomic mass is 10.1. The Labute approximate surface area is 115 Å². The number of nitrogens with one attached hydrogen (secondary N) is 1. The summed E-state index contributed by atoms with van der Waals surface area (Å²) in [6.45, 7) is 1.46. The number of aromatic amines is 1. The van der Waals surface area contributed by atoms with E-state index in [1.807, 2.05) is 0 Å². The van der Waals surface area contributed by atoms with Crippen LogP contribution in [0.2, 0.25) is 0 Å². The lowest BCUT2D eigenvalue weighted by Gasteiger charge is -2.33. The number of halogens is 1. The van der Waals surface area contributed by atoms with E-state index >= 15 is 0 Å². The zero-order valence-electron chi connectivity index (χ0n) is 10.8. The number of ether oxygens (including phenoxy) is 1. The maximum Gasteiger partial charge on any atom is 0.257 e. The number of rotatable bonds is 2. The fourth-order valence-electron chi connectivity index (χ4n) is 2.26. The molecule has 1 amide bonds. The van der Waals surface area contributed by atoms with Crippen molar-refractivity contribution in [1.29, 1.82) is 0 Å². The minimum atomic E-state index is -0.282. The lowest BCUT2D eigenvalue weighted by molar-refractivity contribution is -0.0228. The highest BCUT2D eigenvalue weighted by Crippen LogP contribution is 2.23. The summed E-state index contributed by atoms with van der Waals surface area (Å²) in [4.78, 5) is 14.0. The van der Waals surface area contributed by atoms with Crippen LogP contribution < -0.4 is 0 Å². The fraction of sp³-hybridized carbons (Fsp3) is 0.286. The molecule has 1 aliphatic rings. The minimum absolute atomic E-state index is 0.0749. The number of aromatic nitrogens is 2. The van der Waals surface area contributed by atoms with Crippen molar-refractivity contribution in [3.63, 3.8) is 0 Å². The number of benzene rings is 1. The van der Waals surface area contributed by atoms with Gasteiger partial charge in [0.1, 0.15) is 11.9 Å². The third-order valence-corrected chi connectivity index (χ3v) is 3.34. The first-order valence-corrected chi connectivity index (χ1v) is 6.39. The van der Waals surface area contributed by atoms with Gasteiger partial charge in [0.05, 0.1) is 24.9 Å². The van der Waals surface area contributed by atoms with Crippen molar-refractivity contribution in [3.05, 3.63) is 53.6 Å². The molecule has 1 fully saturated rings. The smallest absolute Gasteiger partial charge is 0.257 e. The largest absolute Gasteiger partial charge is 0.370 e. The zero-order chi connectivity index (χ0) is 13.9. The van der Waals surface area contributed by atoms with Crippen molar-refractivity contribution in [3.8, 4) is 0 Å². The second-order valence-corrected chi connectivity index (χ2v) is 4.65. The van der Waals surface area contributed by atoms with Crippen LogP contribution in [-0.4, -0.2) is 40.7 Å². The van der Waals surface area contributed by atoms with Gasteiger partial charge in [-0.2, -0.15) is 5.10 Å². The molecule has 1 aromatic carbocycles. The van der Waals surface area contributed by atoms with E-state index in [0.29, 0.717) is 25.3 Å². The molecule has 0 bridgehead atoms. The molecule has 2 aromatic rings. The van der Waals surface area contributed by atoms with Crippen LogP contribution in [0.15, 0.2) is 36.7 Å². The van der Waals surface area contributed by atoms with Crippen molar-refractivity contribution in [1.82, 2.24) is 15.1 Å². The van der Waals surface area contributed by atoms with E-state index in [1.165, 1.54) is 18.3 Å². The number of hydrogen-bond donors (Lipinski definition) is 1. The van der Waals surface area contributed by atoms with Crippen molar-refractivity contribution >= 4 is 5.91 Å². The second kappa shape index (κ2) is 5.42. The van der Waals surface area contributed by atoms with Crippen LogP contribution in [0.1, 0.15) is 22.0 Å². The second-order valence-electron chi connectivity index (χ2n) is 4.65. The Morgan fingerprint density at radius 3 is 2.90 bits per heavy atom. The highest BCUT2D eigenvalue weighted by Gasteiger charge is 2.26.